The second-order valence-corrected chi connectivity index (χ2v) is 5.46. The first-order valence-corrected chi connectivity index (χ1v) is 7.29. The van der Waals surface area contributed by atoms with E-state index in [-0.39, 0.29) is 6.04 Å². The van der Waals surface area contributed by atoms with Gasteiger partial charge in [0.2, 0.25) is 0 Å². The van der Waals surface area contributed by atoms with Gasteiger partial charge < -0.3 is 10.6 Å². The summed E-state index contributed by atoms with van der Waals surface area (Å²) in [7, 11) is 2.07. The SMILES string of the molecule is CCC(N)c1ccc(N(C)Cc2ccccc2Cl)cc1. The van der Waals surface area contributed by atoms with Gasteiger partial charge in [0.15, 0.2) is 0 Å². The number of hydrogen-bond donors (Lipinski definition) is 1. The average molecular weight is 289 g/mol. The standard InChI is InChI=1S/C17H21ClN2/c1-3-17(19)13-8-10-15(11-9-13)20(2)12-14-6-4-5-7-16(14)18/h4-11,17H,3,12,19H2,1-2H3. The van der Waals surface area contributed by atoms with Crippen LogP contribution in [-0.2, 0) is 6.54 Å². The lowest BCUT2D eigenvalue weighted by atomic mass is 10.1. The topological polar surface area (TPSA) is 29.3 Å². The van der Waals surface area contributed by atoms with E-state index in [1.165, 1.54) is 5.56 Å². The maximum absolute atomic E-state index is 6.20. The molecule has 0 aromatic heterocycles. The smallest absolute Gasteiger partial charge is 0.0455 e. The first-order valence-electron chi connectivity index (χ1n) is 6.92. The maximum atomic E-state index is 6.20. The Labute approximate surface area is 126 Å². The third-order valence-electron chi connectivity index (χ3n) is 3.57. The van der Waals surface area contributed by atoms with Crippen molar-refractivity contribution in [3.8, 4) is 0 Å². The first-order chi connectivity index (χ1) is 9.61. The van der Waals surface area contributed by atoms with E-state index in [1.54, 1.807) is 0 Å². The Morgan fingerprint density at radius 1 is 1.10 bits per heavy atom. The lowest BCUT2D eigenvalue weighted by Crippen LogP contribution is -2.17. The molecule has 2 aromatic rings. The van der Waals surface area contributed by atoms with Gasteiger partial charge in [-0.15, -0.1) is 0 Å². The highest BCUT2D eigenvalue weighted by molar-refractivity contribution is 6.31. The molecule has 2 nitrogen and oxygen atoms in total. The highest BCUT2D eigenvalue weighted by Gasteiger charge is 2.07. The number of rotatable bonds is 5. The molecule has 0 heterocycles. The van der Waals surface area contributed by atoms with E-state index < -0.39 is 0 Å². The molecule has 0 saturated heterocycles. The summed E-state index contributed by atoms with van der Waals surface area (Å²) in [5.74, 6) is 0. The molecule has 0 radical (unpaired) electrons. The van der Waals surface area contributed by atoms with Crippen LogP contribution in [0.2, 0.25) is 5.02 Å². The van der Waals surface area contributed by atoms with Crippen LogP contribution in [0.25, 0.3) is 0 Å². The summed E-state index contributed by atoms with van der Waals surface area (Å²) in [6.07, 6.45) is 0.953. The summed E-state index contributed by atoms with van der Waals surface area (Å²) in [6, 6.07) is 16.5. The molecule has 0 spiro atoms. The van der Waals surface area contributed by atoms with Crippen LogP contribution < -0.4 is 10.6 Å². The molecule has 0 bridgehead atoms. The summed E-state index contributed by atoms with van der Waals surface area (Å²) < 4.78 is 0. The summed E-state index contributed by atoms with van der Waals surface area (Å²) in [6.45, 7) is 2.89. The van der Waals surface area contributed by atoms with Crippen LogP contribution in [0.15, 0.2) is 48.5 Å². The second-order valence-electron chi connectivity index (χ2n) is 5.05. The number of benzene rings is 2. The number of nitrogens with zero attached hydrogens (tertiary/aromatic N) is 1. The molecule has 2 aromatic carbocycles. The Hall–Kier alpha value is -1.51. The molecular formula is C17H21ClN2. The van der Waals surface area contributed by atoms with Crippen molar-refractivity contribution < 1.29 is 0 Å². The Morgan fingerprint density at radius 3 is 2.35 bits per heavy atom. The van der Waals surface area contributed by atoms with Gasteiger partial charge in [-0.1, -0.05) is 48.9 Å². The molecule has 0 saturated carbocycles. The highest BCUT2D eigenvalue weighted by Crippen LogP contribution is 2.22. The zero-order valence-corrected chi connectivity index (χ0v) is 12.8. The largest absolute Gasteiger partial charge is 0.370 e. The summed E-state index contributed by atoms with van der Waals surface area (Å²) >= 11 is 6.20. The third-order valence-corrected chi connectivity index (χ3v) is 3.94. The fourth-order valence-electron chi connectivity index (χ4n) is 2.19. The Balaban J connectivity index is 2.10. The monoisotopic (exact) mass is 288 g/mol. The predicted octanol–water partition coefficient (Wildman–Crippen LogP) is 4.39. The van der Waals surface area contributed by atoms with Crippen molar-refractivity contribution in [2.75, 3.05) is 11.9 Å². The summed E-state index contributed by atoms with van der Waals surface area (Å²) in [5, 5.41) is 0.809. The van der Waals surface area contributed by atoms with Crippen LogP contribution in [0.1, 0.15) is 30.5 Å². The van der Waals surface area contributed by atoms with Crippen molar-refractivity contribution in [3.05, 3.63) is 64.7 Å². The summed E-state index contributed by atoms with van der Waals surface area (Å²) in [5.41, 5.74) is 9.51. The molecule has 2 rings (SSSR count). The van der Waals surface area contributed by atoms with Gasteiger partial charge in [-0.25, -0.2) is 0 Å². The molecule has 0 aliphatic carbocycles. The number of hydrogen-bond acceptors (Lipinski definition) is 2. The predicted molar refractivity (Wildman–Crippen MR) is 87.2 cm³/mol. The highest BCUT2D eigenvalue weighted by atomic mass is 35.5. The van der Waals surface area contributed by atoms with E-state index in [4.69, 9.17) is 17.3 Å². The van der Waals surface area contributed by atoms with Gasteiger partial charge in [-0.2, -0.15) is 0 Å². The molecule has 0 aliphatic heterocycles. The van der Waals surface area contributed by atoms with Crippen LogP contribution in [-0.4, -0.2) is 7.05 Å². The van der Waals surface area contributed by atoms with Crippen molar-refractivity contribution in [1.29, 1.82) is 0 Å². The fourth-order valence-corrected chi connectivity index (χ4v) is 2.38. The van der Waals surface area contributed by atoms with E-state index in [0.29, 0.717) is 0 Å². The molecule has 1 atom stereocenters. The van der Waals surface area contributed by atoms with Crippen molar-refractivity contribution in [1.82, 2.24) is 0 Å². The number of anilines is 1. The van der Waals surface area contributed by atoms with E-state index in [9.17, 15) is 0 Å². The zero-order chi connectivity index (χ0) is 14.5. The minimum absolute atomic E-state index is 0.123. The van der Waals surface area contributed by atoms with Crippen molar-refractivity contribution in [3.63, 3.8) is 0 Å². The van der Waals surface area contributed by atoms with E-state index in [2.05, 4.69) is 49.2 Å². The van der Waals surface area contributed by atoms with Crippen LogP contribution in [0.5, 0.6) is 0 Å². The lowest BCUT2D eigenvalue weighted by molar-refractivity contribution is 0.698. The average Bonchev–Trinajstić information content (AvgIpc) is 2.49. The van der Waals surface area contributed by atoms with Gasteiger partial charge in [0.05, 0.1) is 0 Å². The molecule has 0 fully saturated rings. The minimum Gasteiger partial charge on any atom is -0.370 e. The van der Waals surface area contributed by atoms with Gasteiger partial charge in [0, 0.05) is 30.3 Å². The van der Waals surface area contributed by atoms with E-state index in [0.717, 1.165) is 29.2 Å². The van der Waals surface area contributed by atoms with Crippen molar-refractivity contribution in [2.24, 2.45) is 5.73 Å². The van der Waals surface area contributed by atoms with Crippen molar-refractivity contribution >= 4 is 17.3 Å². The lowest BCUT2D eigenvalue weighted by Gasteiger charge is -2.21. The van der Waals surface area contributed by atoms with Crippen LogP contribution in [0, 0.1) is 0 Å². The van der Waals surface area contributed by atoms with Gasteiger partial charge in [-0.05, 0) is 35.7 Å². The normalized spacial score (nSPS) is 12.2. The van der Waals surface area contributed by atoms with E-state index in [1.807, 2.05) is 18.2 Å². The molecule has 1 unspecified atom stereocenters. The molecule has 3 heteroatoms. The van der Waals surface area contributed by atoms with Gasteiger partial charge >= 0.3 is 0 Å². The zero-order valence-electron chi connectivity index (χ0n) is 12.0. The van der Waals surface area contributed by atoms with Crippen LogP contribution in [0.4, 0.5) is 5.69 Å². The van der Waals surface area contributed by atoms with Gasteiger partial charge in [-0.3, -0.25) is 0 Å². The first kappa shape index (κ1) is 14.9. The molecule has 20 heavy (non-hydrogen) atoms. The number of nitrogens with two attached hydrogens (primary N) is 1. The van der Waals surface area contributed by atoms with Crippen LogP contribution >= 0.6 is 11.6 Å². The Bertz CT molecular complexity index is 551. The molecule has 2 N–H and O–H groups in total. The van der Waals surface area contributed by atoms with Gasteiger partial charge in [0.25, 0.3) is 0 Å². The summed E-state index contributed by atoms with van der Waals surface area (Å²) in [4.78, 5) is 2.18. The third kappa shape index (κ3) is 3.53. The quantitative estimate of drug-likeness (QED) is 0.884. The molecule has 106 valence electrons. The molecule has 0 aliphatic rings. The Morgan fingerprint density at radius 2 is 1.75 bits per heavy atom. The number of halogens is 1. The fraction of sp³-hybridized carbons (Fsp3) is 0.294. The Kier molecular flexibility index (Phi) is 5.05. The van der Waals surface area contributed by atoms with E-state index >= 15 is 0 Å². The van der Waals surface area contributed by atoms with Crippen LogP contribution in [0.3, 0.4) is 0 Å². The molecule has 0 amide bonds. The maximum Gasteiger partial charge on any atom is 0.0455 e. The van der Waals surface area contributed by atoms with Crippen molar-refractivity contribution in [2.45, 2.75) is 25.9 Å². The minimum atomic E-state index is 0.123. The van der Waals surface area contributed by atoms with Gasteiger partial charge in [0.1, 0.15) is 0 Å². The molecular weight excluding hydrogens is 268 g/mol. The second kappa shape index (κ2) is 6.78.